The molecule has 3 aromatic rings. The maximum absolute atomic E-state index is 12.8. The van der Waals surface area contributed by atoms with E-state index in [9.17, 15) is 13.2 Å². The SMILES string of the molecule is CCOc1ccc(NS(=O)(=O)c2ccc(NC(=S)NC(=O)c3cc(Br)ccc3OC(C)C)cc2)cc1. The summed E-state index contributed by atoms with van der Waals surface area (Å²) < 4.78 is 39.8. The topological polar surface area (TPSA) is 106 Å². The molecule has 8 nitrogen and oxygen atoms in total. The zero-order valence-electron chi connectivity index (χ0n) is 19.9. The van der Waals surface area contributed by atoms with Gasteiger partial charge in [-0.25, -0.2) is 8.42 Å². The second-order valence-electron chi connectivity index (χ2n) is 7.80. The van der Waals surface area contributed by atoms with Gasteiger partial charge in [0.15, 0.2) is 5.11 Å². The molecule has 0 radical (unpaired) electrons. The second kappa shape index (κ2) is 12.2. The van der Waals surface area contributed by atoms with Crippen molar-refractivity contribution in [3.05, 3.63) is 76.8 Å². The lowest BCUT2D eigenvalue weighted by Crippen LogP contribution is -2.34. The van der Waals surface area contributed by atoms with Crippen LogP contribution in [0.5, 0.6) is 11.5 Å². The molecule has 0 saturated heterocycles. The molecule has 0 aliphatic heterocycles. The van der Waals surface area contributed by atoms with E-state index in [0.717, 1.165) is 4.47 Å². The number of halogens is 1. The van der Waals surface area contributed by atoms with Crippen LogP contribution in [0, 0.1) is 0 Å². The van der Waals surface area contributed by atoms with Gasteiger partial charge in [0.1, 0.15) is 11.5 Å². The summed E-state index contributed by atoms with van der Waals surface area (Å²) in [4.78, 5) is 12.9. The average Bonchev–Trinajstić information content (AvgIpc) is 2.81. The molecule has 0 fully saturated rings. The lowest BCUT2D eigenvalue weighted by molar-refractivity contribution is 0.0972. The van der Waals surface area contributed by atoms with E-state index in [1.807, 2.05) is 20.8 Å². The highest BCUT2D eigenvalue weighted by Gasteiger charge is 2.17. The Bertz CT molecular complexity index is 1330. The normalized spacial score (nSPS) is 11.0. The van der Waals surface area contributed by atoms with Gasteiger partial charge < -0.3 is 14.8 Å². The van der Waals surface area contributed by atoms with Crippen molar-refractivity contribution in [2.24, 2.45) is 0 Å². The van der Waals surface area contributed by atoms with Gasteiger partial charge in [-0.3, -0.25) is 14.8 Å². The molecular formula is C25H26BrN3O5S2. The number of rotatable bonds is 9. The van der Waals surface area contributed by atoms with Crippen LogP contribution in [-0.4, -0.2) is 32.1 Å². The van der Waals surface area contributed by atoms with E-state index in [2.05, 4.69) is 31.3 Å². The molecule has 190 valence electrons. The smallest absolute Gasteiger partial charge is 0.261 e. The Kier molecular flexibility index (Phi) is 9.30. The number of sulfonamides is 1. The van der Waals surface area contributed by atoms with Crippen molar-refractivity contribution in [3.63, 3.8) is 0 Å². The second-order valence-corrected chi connectivity index (χ2v) is 10.8. The molecule has 3 rings (SSSR count). The van der Waals surface area contributed by atoms with Crippen LogP contribution in [0.25, 0.3) is 0 Å². The van der Waals surface area contributed by atoms with Crippen LogP contribution >= 0.6 is 28.1 Å². The zero-order valence-corrected chi connectivity index (χ0v) is 23.1. The number of nitrogens with one attached hydrogen (secondary N) is 3. The highest BCUT2D eigenvalue weighted by molar-refractivity contribution is 9.10. The molecule has 0 aliphatic carbocycles. The third kappa shape index (κ3) is 7.67. The molecule has 0 heterocycles. The van der Waals surface area contributed by atoms with Gasteiger partial charge >= 0.3 is 0 Å². The number of carbonyl (C=O) groups is 1. The fraction of sp³-hybridized carbons (Fsp3) is 0.200. The predicted octanol–water partition coefficient (Wildman–Crippen LogP) is 5.56. The number of hydrogen-bond acceptors (Lipinski definition) is 6. The van der Waals surface area contributed by atoms with Crippen LogP contribution in [-0.2, 0) is 10.0 Å². The van der Waals surface area contributed by atoms with Crippen LogP contribution in [0.1, 0.15) is 31.1 Å². The largest absolute Gasteiger partial charge is 0.494 e. The average molecular weight is 593 g/mol. The van der Waals surface area contributed by atoms with Crippen molar-refractivity contribution in [2.45, 2.75) is 31.8 Å². The van der Waals surface area contributed by atoms with Crippen LogP contribution in [0.3, 0.4) is 0 Å². The number of carbonyl (C=O) groups excluding carboxylic acids is 1. The number of anilines is 2. The van der Waals surface area contributed by atoms with E-state index in [-0.39, 0.29) is 16.1 Å². The maximum Gasteiger partial charge on any atom is 0.261 e. The van der Waals surface area contributed by atoms with Crippen molar-refractivity contribution in [1.29, 1.82) is 0 Å². The maximum atomic E-state index is 12.8. The number of ether oxygens (including phenoxy) is 2. The molecule has 3 N–H and O–H groups in total. The van der Waals surface area contributed by atoms with Crippen LogP contribution in [0.15, 0.2) is 76.1 Å². The first kappa shape index (κ1) is 27.4. The van der Waals surface area contributed by atoms with Crippen LogP contribution in [0.4, 0.5) is 11.4 Å². The Morgan fingerprint density at radius 3 is 2.25 bits per heavy atom. The Morgan fingerprint density at radius 1 is 1.00 bits per heavy atom. The molecule has 0 bridgehead atoms. The molecule has 36 heavy (non-hydrogen) atoms. The van der Waals surface area contributed by atoms with E-state index in [0.29, 0.717) is 35.0 Å². The monoisotopic (exact) mass is 591 g/mol. The first-order valence-electron chi connectivity index (χ1n) is 11.0. The van der Waals surface area contributed by atoms with Gasteiger partial charge in [0.2, 0.25) is 0 Å². The van der Waals surface area contributed by atoms with Crippen LogP contribution in [0.2, 0.25) is 0 Å². The summed E-state index contributed by atoms with van der Waals surface area (Å²) >= 11 is 8.62. The van der Waals surface area contributed by atoms with E-state index in [1.54, 1.807) is 54.6 Å². The zero-order chi connectivity index (χ0) is 26.3. The minimum absolute atomic E-state index is 0.0543. The first-order valence-corrected chi connectivity index (χ1v) is 13.7. The Morgan fingerprint density at radius 2 is 1.64 bits per heavy atom. The lowest BCUT2D eigenvalue weighted by atomic mass is 10.2. The minimum atomic E-state index is -3.80. The molecule has 0 atom stereocenters. The summed E-state index contributed by atoms with van der Waals surface area (Å²) in [5, 5.41) is 5.55. The third-order valence-corrected chi connectivity index (χ3v) is 6.71. The summed E-state index contributed by atoms with van der Waals surface area (Å²) in [6.45, 7) is 6.13. The molecule has 0 spiro atoms. The summed E-state index contributed by atoms with van der Waals surface area (Å²) in [6, 6.07) is 17.7. The number of benzene rings is 3. The predicted molar refractivity (Wildman–Crippen MR) is 148 cm³/mol. The molecular weight excluding hydrogens is 566 g/mol. The Hall–Kier alpha value is -3.15. The van der Waals surface area contributed by atoms with E-state index >= 15 is 0 Å². The van der Waals surface area contributed by atoms with E-state index in [4.69, 9.17) is 21.7 Å². The molecule has 0 aliphatic rings. The first-order chi connectivity index (χ1) is 17.1. The Labute approximate surface area is 224 Å². The van der Waals surface area contributed by atoms with Crippen molar-refractivity contribution in [1.82, 2.24) is 5.32 Å². The molecule has 11 heteroatoms. The van der Waals surface area contributed by atoms with Crippen molar-refractivity contribution in [2.75, 3.05) is 16.6 Å². The summed E-state index contributed by atoms with van der Waals surface area (Å²) in [6.07, 6.45) is -0.110. The molecule has 0 aromatic heterocycles. The van der Waals surface area contributed by atoms with Crippen molar-refractivity contribution < 1.29 is 22.7 Å². The Balaban J connectivity index is 1.63. The molecule has 3 aromatic carbocycles. The van der Waals surface area contributed by atoms with Crippen molar-refractivity contribution in [3.8, 4) is 11.5 Å². The molecule has 0 saturated carbocycles. The van der Waals surface area contributed by atoms with Gasteiger partial charge in [0.25, 0.3) is 15.9 Å². The summed E-state index contributed by atoms with van der Waals surface area (Å²) in [5.74, 6) is 0.647. The van der Waals surface area contributed by atoms with E-state index in [1.165, 1.54) is 12.1 Å². The van der Waals surface area contributed by atoms with Gasteiger partial charge in [0, 0.05) is 15.8 Å². The highest BCUT2D eigenvalue weighted by Crippen LogP contribution is 2.25. The van der Waals surface area contributed by atoms with Gasteiger partial charge in [-0.05, 0) is 99.7 Å². The van der Waals surface area contributed by atoms with Gasteiger partial charge in [0.05, 0.1) is 23.2 Å². The summed E-state index contributed by atoms with van der Waals surface area (Å²) in [5.41, 5.74) is 1.25. The number of hydrogen-bond donors (Lipinski definition) is 3. The fourth-order valence-electron chi connectivity index (χ4n) is 3.09. The van der Waals surface area contributed by atoms with E-state index < -0.39 is 15.9 Å². The minimum Gasteiger partial charge on any atom is -0.494 e. The van der Waals surface area contributed by atoms with Gasteiger partial charge in [-0.15, -0.1) is 0 Å². The summed E-state index contributed by atoms with van der Waals surface area (Å²) in [7, 11) is -3.80. The lowest BCUT2D eigenvalue weighted by Gasteiger charge is -2.15. The number of amides is 1. The molecule has 0 unspecified atom stereocenters. The standard InChI is InChI=1S/C25H26BrN3O5S2/c1-4-33-20-10-6-19(7-11-20)29-36(31,32)21-12-8-18(9-13-21)27-25(35)28-24(30)22-15-17(26)5-14-23(22)34-16(2)3/h5-16,29H,4H2,1-3H3,(H2,27,28,30,35). The van der Waals surface area contributed by atoms with Gasteiger partial charge in [-0.2, -0.15) is 0 Å². The number of thiocarbonyl (C=S) groups is 1. The molecule has 1 amide bonds. The highest BCUT2D eigenvalue weighted by atomic mass is 79.9. The third-order valence-electron chi connectivity index (χ3n) is 4.62. The van der Waals surface area contributed by atoms with Gasteiger partial charge in [-0.1, -0.05) is 15.9 Å². The fourth-order valence-corrected chi connectivity index (χ4v) is 4.72. The van der Waals surface area contributed by atoms with Crippen molar-refractivity contribution >= 4 is 60.6 Å². The quantitative estimate of drug-likeness (QED) is 0.280. The van der Waals surface area contributed by atoms with Crippen LogP contribution < -0.4 is 24.8 Å².